The van der Waals surface area contributed by atoms with Crippen LogP contribution < -0.4 is 16.6 Å². The summed E-state index contributed by atoms with van der Waals surface area (Å²) in [6.07, 6.45) is 0.560. The van der Waals surface area contributed by atoms with Gasteiger partial charge in [0, 0.05) is 46.6 Å². The number of aromatic nitrogens is 4. The Hall–Kier alpha value is -3.24. The highest BCUT2D eigenvalue weighted by molar-refractivity contribution is 5.76. The number of carbonyl (C=O) groups is 1. The van der Waals surface area contributed by atoms with Gasteiger partial charge in [-0.2, -0.15) is 0 Å². The van der Waals surface area contributed by atoms with Crippen LogP contribution in [-0.2, 0) is 30.0 Å². The fourth-order valence-corrected chi connectivity index (χ4v) is 4.05. The first-order valence-electron chi connectivity index (χ1n) is 10.7. The maximum Gasteiger partial charge on any atom is 0.332 e. The van der Waals surface area contributed by atoms with Gasteiger partial charge in [0.15, 0.2) is 5.65 Å². The molecule has 2 aromatic heterocycles. The van der Waals surface area contributed by atoms with E-state index in [1.807, 2.05) is 18.2 Å². The average Bonchev–Trinajstić information content (AvgIpc) is 3.26. The molecular formula is C22H28N6O4. The lowest BCUT2D eigenvalue weighted by molar-refractivity contribution is -0.121. The highest BCUT2D eigenvalue weighted by Crippen LogP contribution is 2.21. The van der Waals surface area contributed by atoms with Crippen LogP contribution in [0.15, 0.2) is 39.9 Å². The molecule has 2 N–H and O–H groups in total. The number of amides is 1. The highest BCUT2D eigenvalue weighted by Gasteiger charge is 2.23. The van der Waals surface area contributed by atoms with E-state index in [9.17, 15) is 14.4 Å². The van der Waals surface area contributed by atoms with E-state index in [1.54, 1.807) is 7.05 Å². The molecule has 1 fully saturated rings. The highest BCUT2D eigenvalue weighted by atomic mass is 16.5. The minimum atomic E-state index is -0.437. The van der Waals surface area contributed by atoms with Crippen LogP contribution in [0.1, 0.15) is 23.9 Å². The summed E-state index contributed by atoms with van der Waals surface area (Å²) >= 11 is 0. The van der Waals surface area contributed by atoms with Gasteiger partial charge in [-0.15, -0.1) is 0 Å². The molecule has 1 atom stereocenters. The van der Waals surface area contributed by atoms with Gasteiger partial charge in [0.05, 0.1) is 19.3 Å². The second-order valence-corrected chi connectivity index (χ2v) is 7.97. The normalized spacial score (nSPS) is 15.7. The first kappa shape index (κ1) is 22.0. The predicted molar refractivity (Wildman–Crippen MR) is 119 cm³/mol. The summed E-state index contributed by atoms with van der Waals surface area (Å²) in [5.74, 6) is 0.405. The Labute approximate surface area is 184 Å². The molecule has 10 nitrogen and oxygen atoms in total. The number of imidazole rings is 1. The van der Waals surface area contributed by atoms with E-state index in [0.717, 1.165) is 23.2 Å². The Morgan fingerprint density at radius 3 is 2.59 bits per heavy atom. The number of morpholine rings is 1. The Bertz CT molecular complexity index is 1210. The van der Waals surface area contributed by atoms with Crippen molar-refractivity contribution < 1.29 is 9.53 Å². The predicted octanol–water partition coefficient (Wildman–Crippen LogP) is 0.0826. The molecule has 0 bridgehead atoms. The summed E-state index contributed by atoms with van der Waals surface area (Å²) in [7, 11) is 2.99. The number of aromatic amines is 1. The van der Waals surface area contributed by atoms with Gasteiger partial charge >= 0.3 is 5.69 Å². The molecule has 0 spiro atoms. The molecule has 1 unspecified atom stereocenters. The van der Waals surface area contributed by atoms with Crippen molar-refractivity contribution in [2.45, 2.75) is 18.9 Å². The molecule has 1 aliphatic rings. The van der Waals surface area contributed by atoms with E-state index in [0.29, 0.717) is 37.7 Å². The molecule has 10 heteroatoms. The quantitative estimate of drug-likeness (QED) is 0.538. The average molecular weight is 441 g/mol. The molecule has 0 aliphatic carbocycles. The topological polar surface area (TPSA) is 114 Å². The fourth-order valence-electron chi connectivity index (χ4n) is 4.05. The van der Waals surface area contributed by atoms with Crippen molar-refractivity contribution in [2.24, 2.45) is 14.1 Å². The van der Waals surface area contributed by atoms with Gasteiger partial charge in [-0.1, -0.05) is 30.3 Å². The Morgan fingerprint density at radius 2 is 1.88 bits per heavy atom. The molecule has 1 amide bonds. The smallest absolute Gasteiger partial charge is 0.332 e. The van der Waals surface area contributed by atoms with Gasteiger partial charge in [0.25, 0.3) is 5.56 Å². The molecule has 1 aromatic carbocycles. The third-order valence-electron chi connectivity index (χ3n) is 5.90. The van der Waals surface area contributed by atoms with Crippen molar-refractivity contribution in [3.8, 4) is 0 Å². The van der Waals surface area contributed by atoms with Crippen LogP contribution in [0, 0.1) is 0 Å². The van der Waals surface area contributed by atoms with Crippen LogP contribution in [0.3, 0.4) is 0 Å². The van der Waals surface area contributed by atoms with Crippen LogP contribution in [-0.4, -0.2) is 62.8 Å². The van der Waals surface area contributed by atoms with Gasteiger partial charge in [-0.3, -0.25) is 23.6 Å². The summed E-state index contributed by atoms with van der Waals surface area (Å²) in [4.78, 5) is 46.6. The lowest BCUT2D eigenvalue weighted by Gasteiger charge is -2.35. The Morgan fingerprint density at radius 1 is 1.16 bits per heavy atom. The summed E-state index contributed by atoms with van der Waals surface area (Å²) in [6, 6.07) is 10.2. The zero-order chi connectivity index (χ0) is 22.7. The van der Waals surface area contributed by atoms with Crippen molar-refractivity contribution in [3.63, 3.8) is 0 Å². The van der Waals surface area contributed by atoms with Crippen LogP contribution in [0.4, 0.5) is 0 Å². The number of ether oxygens (including phenoxy) is 1. The van der Waals surface area contributed by atoms with Crippen molar-refractivity contribution in [1.29, 1.82) is 0 Å². The number of carbonyl (C=O) groups excluding carboxylic acids is 1. The zero-order valence-electron chi connectivity index (χ0n) is 18.3. The van der Waals surface area contributed by atoms with E-state index in [2.05, 4.69) is 32.3 Å². The number of hydrogen-bond donors (Lipinski definition) is 2. The van der Waals surface area contributed by atoms with Gasteiger partial charge in [-0.05, 0) is 5.56 Å². The number of rotatable bonds is 7. The minimum absolute atomic E-state index is 0.0767. The lowest BCUT2D eigenvalue weighted by atomic mass is 10.0. The number of benzene rings is 1. The third kappa shape index (κ3) is 4.51. The van der Waals surface area contributed by atoms with E-state index >= 15 is 0 Å². The fraction of sp³-hybridized carbons (Fsp3) is 0.455. The molecule has 0 radical (unpaired) electrons. The maximum absolute atomic E-state index is 12.6. The van der Waals surface area contributed by atoms with Gasteiger partial charge in [-0.25, -0.2) is 9.78 Å². The molecule has 3 aromatic rings. The van der Waals surface area contributed by atoms with Crippen LogP contribution in [0.25, 0.3) is 11.2 Å². The number of fused-ring (bicyclic) bond motifs is 1. The molecule has 1 aliphatic heterocycles. The molecule has 1 saturated heterocycles. The summed E-state index contributed by atoms with van der Waals surface area (Å²) in [5.41, 5.74) is 0.853. The molecular weight excluding hydrogens is 412 g/mol. The van der Waals surface area contributed by atoms with E-state index in [-0.39, 0.29) is 23.9 Å². The second-order valence-electron chi connectivity index (χ2n) is 7.97. The molecule has 170 valence electrons. The number of hydrogen-bond acceptors (Lipinski definition) is 6. The molecule has 4 rings (SSSR count). The number of nitrogens with one attached hydrogen (secondary N) is 2. The van der Waals surface area contributed by atoms with Crippen molar-refractivity contribution in [2.75, 3.05) is 32.8 Å². The summed E-state index contributed by atoms with van der Waals surface area (Å²) in [6.45, 7) is 3.51. The first-order valence-corrected chi connectivity index (χ1v) is 10.7. The van der Waals surface area contributed by atoms with Crippen LogP contribution in [0.5, 0.6) is 0 Å². The summed E-state index contributed by atoms with van der Waals surface area (Å²) in [5, 5.41) is 3.04. The maximum atomic E-state index is 12.6. The Balaban J connectivity index is 1.41. The van der Waals surface area contributed by atoms with Gasteiger partial charge < -0.3 is 15.0 Å². The molecule has 0 saturated carbocycles. The van der Waals surface area contributed by atoms with E-state index < -0.39 is 11.2 Å². The molecule has 32 heavy (non-hydrogen) atoms. The van der Waals surface area contributed by atoms with Crippen molar-refractivity contribution >= 4 is 17.1 Å². The largest absolute Gasteiger partial charge is 0.379 e. The standard InChI is InChI=1S/C22H28N6O4/c1-26-20-19(21(30)27(2)22(26)31)24-17(25-20)8-9-18(29)23-14-16(15-6-4-3-5-7-15)28-10-12-32-13-11-28/h3-7,16H,8-14H2,1-2H3,(H,23,29)(H,24,25). The molecule has 3 heterocycles. The number of aryl methyl sites for hydroxylation is 2. The second kappa shape index (κ2) is 9.49. The van der Waals surface area contributed by atoms with Crippen molar-refractivity contribution in [3.05, 3.63) is 62.6 Å². The zero-order valence-corrected chi connectivity index (χ0v) is 18.3. The third-order valence-corrected chi connectivity index (χ3v) is 5.90. The number of H-pyrrole nitrogens is 1. The SMILES string of the molecule is Cn1c(=O)c2[nH]c(CCC(=O)NCC(c3ccccc3)N3CCOCC3)nc2n(C)c1=O. The van der Waals surface area contributed by atoms with Crippen molar-refractivity contribution in [1.82, 2.24) is 29.3 Å². The first-order chi connectivity index (χ1) is 15.5. The van der Waals surface area contributed by atoms with Crippen LogP contribution in [0.2, 0.25) is 0 Å². The minimum Gasteiger partial charge on any atom is -0.379 e. The monoisotopic (exact) mass is 440 g/mol. The lowest BCUT2D eigenvalue weighted by Crippen LogP contribution is -2.43. The van der Waals surface area contributed by atoms with Crippen LogP contribution >= 0.6 is 0 Å². The van der Waals surface area contributed by atoms with Gasteiger partial charge in [0.2, 0.25) is 5.91 Å². The van der Waals surface area contributed by atoms with E-state index in [1.165, 1.54) is 11.6 Å². The Kier molecular flexibility index (Phi) is 6.52. The van der Waals surface area contributed by atoms with Gasteiger partial charge in [0.1, 0.15) is 11.3 Å². The number of nitrogens with zero attached hydrogens (tertiary/aromatic N) is 4. The summed E-state index contributed by atoms with van der Waals surface area (Å²) < 4.78 is 7.83. The van der Waals surface area contributed by atoms with E-state index in [4.69, 9.17) is 4.74 Å².